The Hall–Kier alpha value is -2.75. The molecule has 0 aliphatic carbocycles. The SMILES string of the molecule is CC(C)(C)OC(=O)NCCC#Cc1cc(C(=O)O)c(N)cc1F. The normalized spacial score (nSPS) is 10.4. The quantitative estimate of drug-likeness (QED) is 0.450. The minimum Gasteiger partial charge on any atom is -0.478 e. The zero-order chi connectivity index (χ0) is 17.6. The lowest BCUT2D eigenvalue weighted by atomic mass is 10.1. The molecule has 0 fully saturated rings. The van der Waals surface area contributed by atoms with Crippen molar-refractivity contribution < 1.29 is 23.8 Å². The van der Waals surface area contributed by atoms with Crippen LogP contribution in [-0.4, -0.2) is 29.3 Å². The van der Waals surface area contributed by atoms with Crippen molar-refractivity contribution in [2.45, 2.75) is 32.8 Å². The van der Waals surface area contributed by atoms with Gasteiger partial charge in [-0.05, 0) is 32.9 Å². The van der Waals surface area contributed by atoms with Crippen molar-refractivity contribution in [2.75, 3.05) is 12.3 Å². The van der Waals surface area contributed by atoms with E-state index in [1.807, 2.05) is 0 Å². The summed E-state index contributed by atoms with van der Waals surface area (Å²) in [5, 5.41) is 11.4. The van der Waals surface area contributed by atoms with Crippen molar-refractivity contribution in [1.29, 1.82) is 0 Å². The van der Waals surface area contributed by atoms with Gasteiger partial charge in [0.15, 0.2) is 0 Å². The molecule has 124 valence electrons. The van der Waals surface area contributed by atoms with Crippen molar-refractivity contribution in [1.82, 2.24) is 5.32 Å². The van der Waals surface area contributed by atoms with Crippen LogP contribution in [-0.2, 0) is 4.74 Å². The zero-order valence-electron chi connectivity index (χ0n) is 13.2. The minimum atomic E-state index is -1.25. The molecule has 4 N–H and O–H groups in total. The smallest absolute Gasteiger partial charge is 0.407 e. The number of alkyl carbamates (subject to hydrolysis) is 1. The maximum atomic E-state index is 13.7. The zero-order valence-corrected chi connectivity index (χ0v) is 13.2. The number of carboxylic acid groups (broad SMARTS) is 1. The van der Waals surface area contributed by atoms with Crippen molar-refractivity contribution in [3.05, 3.63) is 29.1 Å². The van der Waals surface area contributed by atoms with Gasteiger partial charge in [-0.2, -0.15) is 0 Å². The summed E-state index contributed by atoms with van der Waals surface area (Å²) in [7, 11) is 0. The van der Waals surface area contributed by atoms with Gasteiger partial charge in [0.25, 0.3) is 0 Å². The molecule has 0 heterocycles. The topological polar surface area (TPSA) is 102 Å². The van der Waals surface area contributed by atoms with Crippen molar-refractivity contribution in [3.63, 3.8) is 0 Å². The number of halogens is 1. The largest absolute Gasteiger partial charge is 0.478 e. The highest BCUT2D eigenvalue weighted by atomic mass is 19.1. The van der Waals surface area contributed by atoms with Gasteiger partial charge in [0.1, 0.15) is 11.4 Å². The van der Waals surface area contributed by atoms with E-state index < -0.39 is 23.5 Å². The summed E-state index contributed by atoms with van der Waals surface area (Å²) >= 11 is 0. The molecule has 1 amide bonds. The van der Waals surface area contributed by atoms with Gasteiger partial charge in [-0.15, -0.1) is 0 Å². The first kappa shape index (κ1) is 18.3. The second-order valence-electron chi connectivity index (χ2n) is 5.70. The van der Waals surface area contributed by atoms with Gasteiger partial charge in [0.2, 0.25) is 0 Å². The molecule has 0 aromatic heterocycles. The molecule has 0 bridgehead atoms. The van der Waals surface area contributed by atoms with Crippen LogP contribution in [0.2, 0.25) is 0 Å². The number of nitrogen functional groups attached to an aromatic ring is 1. The lowest BCUT2D eigenvalue weighted by Gasteiger charge is -2.19. The lowest BCUT2D eigenvalue weighted by molar-refractivity contribution is 0.0528. The van der Waals surface area contributed by atoms with Crippen LogP contribution < -0.4 is 11.1 Å². The van der Waals surface area contributed by atoms with Crippen LogP contribution in [0.3, 0.4) is 0 Å². The molecule has 0 unspecified atom stereocenters. The van der Waals surface area contributed by atoms with Gasteiger partial charge in [-0.3, -0.25) is 0 Å². The van der Waals surface area contributed by atoms with E-state index in [0.717, 1.165) is 12.1 Å². The number of rotatable bonds is 3. The van der Waals surface area contributed by atoms with E-state index in [1.54, 1.807) is 20.8 Å². The second kappa shape index (κ2) is 7.49. The van der Waals surface area contributed by atoms with E-state index in [-0.39, 0.29) is 29.8 Å². The highest BCUT2D eigenvalue weighted by Gasteiger charge is 2.15. The summed E-state index contributed by atoms with van der Waals surface area (Å²) in [5.41, 5.74) is 4.41. The number of hydrogen-bond acceptors (Lipinski definition) is 4. The van der Waals surface area contributed by atoms with Gasteiger partial charge >= 0.3 is 12.1 Å². The minimum absolute atomic E-state index is 0.0612. The Morgan fingerprint density at radius 3 is 2.61 bits per heavy atom. The van der Waals surface area contributed by atoms with Gasteiger partial charge < -0.3 is 20.9 Å². The van der Waals surface area contributed by atoms with E-state index in [4.69, 9.17) is 15.6 Å². The van der Waals surface area contributed by atoms with Crippen molar-refractivity contribution in [3.8, 4) is 11.8 Å². The summed E-state index contributed by atoms with van der Waals surface area (Å²) in [5.74, 6) is 3.23. The van der Waals surface area contributed by atoms with Gasteiger partial charge in [0, 0.05) is 18.7 Å². The summed E-state index contributed by atoms with van der Waals surface area (Å²) in [6.07, 6.45) is -0.308. The number of benzene rings is 1. The fourth-order valence-corrected chi connectivity index (χ4v) is 1.57. The molecular formula is C16H19FN2O4. The molecule has 0 saturated carbocycles. The number of carboxylic acids is 1. The van der Waals surface area contributed by atoms with E-state index in [2.05, 4.69) is 17.2 Å². The third kappa shape index (κ3) is 6.26. The van der Waals surface area contributed by atoms with Gasteiger partial charge in [-0.25, -0.2) is 14.0 Å². The molecule has 0 aliphatic rings. The third-order valence-corrected chi connectivity index (χ3v) is 2.51. The van der Waals surface area contributed by atoms with Crippen LogP contribution >= 0.6 is 0 Å². The third-order valence-electron chi connectivity index (χ3n) is 2.51. The Morgan fingerprint density at radius 1 is 1.39 bits per heavy atom. The molecule has 0 aliphatic heterocycles. The first-order valence-electron chi connectivity index (χ1n) is 6.88. The van der Waals surface area contributed by atoms with Crippen molar-refractivity contribution in [2.24, 2.45) is 0 Å². The molecule has 6 nitrogen and oxygen atoms in total. The predicted molar refractivity (Wildman–Crippen MR) is 83.5 cm³/mol. The van der Waals surface area contributed by atoms with E-state index in [1.165, 1.54) is 0 Å². The summed E-state index contributed by atoms with van der Waals surface area (Å²) in [6, 6.07) is 2.01. The Labute approximate surface area is 133 Å². The number of hydrogen-bond donors (Lipinski definition) is 3. The fraction of sp³-hybridized carbons (Fsp3) is 0.375. The number of aromatic carboxylic acids is 1. The predicted octanol–water partition coefficient (Wildman–Crippen LogP) is 2.37. The summed E-state index contributed by atoms with van der Waals surface area (Å²) < 4.78 is 18.7. The van der Waals surface area contributed by atoms with Crippen LogP contribution in [0.25, 0.3) is 0 Å². The molecule has 0 atom stereocenters. The van der Waals surface area contributed by atoms with Crippen LogP contribution in [0.4, 0.5) is 14.9 Å². The van der Waals surface area contributed by atoms with Gasteiger partial charge in [0.05, 0.1) is 11.1 Å². The van der Waals surface area contributed by atoms with E-state index in [0.29, 0.717) is 0 Å². The molecule has 1 aromatic rings. The van der Waals surface area contributed by atoms with Crippen LogP contribution in [0.1, 0.15) is 43.1 Å². The summed E-state index contributed by atoms with van der Waals surface area (Å²) in [4.78, 5) is 22.3. The number of carbonyl (C=O) groups excluding carboxylic acids is 1. The molecule has 1 rings (SSSR count). The molecule has 7 heteroatoms. The molecule has 0 spiro atoms. The number of nitrogens with two attached hydrogens (primary N) is 1. The fourth-order valence-electron chi connectivity index (χ4n) is 1.57. The van der Waals surface area contributed by atoms with Crippen LogP contribution in [0.15, 0.2) is 12.1 Å². The number of anilines is 1. The summed E-state index contributed by atoms with van der Waals surface area (Å²) in [6.45, 7) is 5.47. The number of nitrogens with one attached hydrogen (secondary N) is 1. The Bertz CT molecular complexity index is 669. The lowest BCUT2D eigenvalue weighted by Crippen LogP contribution is -2.32. The maximum absolute atomic E-state index is 13.7. The first-order chi connectivity index (χ1) is 10.6. The Morgan fingerprint density at radius 2 is 2.04 bits per heavy atom. The first-order valence-corrected chi connectivity index (χ1v) is 6.88. The average molecular weight is 322 g/mol. The molecule has 0 radical (unpaired) electrons. The van der Waals surface area contributed by atoms with Crippen LogP contribution in [0, 0.1) is 17.7 Å². The molecular weight excluding hydrogens is 303 g/mol. The van der Waals surface area contributed by atoms with E-state index in [9.17, 15) is 14.0 Å². The maximum Gasteiger partial charge on any atom is 0.407 e. The molecule has 1 aromatic carbocycles. The number of carbonyl (C=O) groups is 2. The van der Waals surface area contributed by atoms with E-state index >= 15 is 0 Å². The monoisotopic (exact) mass is 322 g/mol. The molecule has 23 heavy (non-hydrogen) atoms. The second-order valence-corrected chi connectivity index (χ2v) is 5.70. The standard InChI is InChI=1S/C16H19FN2O4/c1-16(2,3)23-15(22)19-7-5-4-6-10-8-11(14(20)21)13(18)9-12(10)17/h8-9H,5,7,18H2,1-3H3,(H,19,22)(H,20,21). The van der Waals surface area contributed by atoms with Crippen LogP contribution in [0.5, 0.6) is 0 Å². The molecule has 0 saturated heterocycles. The highest BCUT2D eigenvalue weighted by Crippen LogP contribution is 2.17. The Balaban J connectivity index is 2.62. The number of amides is 1. The number of ether oxygens (including phenoxy) is 1. The average Bonchev–Trinajstić information content (AvgIpc) is 2.38. The van der Waals surface area contributed by atoms with Gasteiger partial charge in [-0.1, -0.05) is 11.8 Å². The Kier molecular flexibility index (Phi) is 5.96. The van der Waals surface area contributed by atoms with Crippen molar-refractivity contribution >= 4 is 17.7 Å². The highest BCUT2D eigenvalue weighted by molar-refractivity contribution is 5.94.